The smallest absolute Gasteiger partial charge is 0.244 e. The Morgan fingerprint density at radius 3 is 2.44 bits per heavy atom. The van der Waals surface area contributed by atoms with Crippen molar-refractivity contribution in [3.63, 3.8) is 0 Å². The number of carbonyl (C=O) groups excluding carboxylic acids is 3. The van der Waals surface area contributed by atoms with Crippen LogP contribution in [-0.2, 0) is 20.8 Å². The van der Waals surface area contributed by atoms with Crippen molar-refractivity contribution in [3.8, 4) is 11.8 Å². The number of hydrogen-bond acceptors (Lipinski definition) is 8. The Bertz CT molecular complexity index is 1330. The lowest BCUT2D eigenvalue weighted by Gasteiger charge is -2.32. The maximum Gasteiger partial charge on any atom is 0.244 e. The number of aromatic nitrogens is 3. The van der Waals surface area contributed by atoms with Gasteiger partial charge in [-0.15, -0.1) is 10.2 Å². The summed E-state index contributed by atoms with van der Waals surface area (Å²) in [6, 6.07) is 14.8. The Kier molecular flexibility index (Phi) is 10.6. The molecule has 0 bridgehead atoms. The minimum absolute atomic E-state index is 0.102. The van der Waals surface area contributed by atoms with Crippen LogP contribution < -0.4 is 20.1 Å². The van der Waals surface area contributed by atoms with Gasteiger partial charge in [0.25, 0.3) is 0 Å². The summed E-state index contributed by atoms with van der Waals surface area (Å²) in [6.07, 6.45) is 5.88. The zero-order chi connectivity index (χ0) is 29.0. The Morgan fingerprint density at radius 2 is 1.78 bits per heavy atom. The molecule has 3 amide bonds. The maximum absolute atomic E-state index is 13.1. The van der Waals surface area contributed by atoms with Crippen LogP contribution in [-0.4, -0.2) is 76.7 Å². The van der Waals surface area contributed by atoms with E-state index in [2.05, 4.69) is 25.8 Å². The molecule has 12 heteroatoms. The second-order valence-corrected chi connectivity index (χ2v) is 9.74. The van der Waals surface area contributed by atoms with Gasteiger partial charge in [-0.3, -0.25) is 19.4 Å². The van der Waals surface area contributed by atoms with Crippen molar-refractivity contribution in [1.29, 1.82) is 0 Å². The predicted molar refractivity (Wildman–Crippen MR) is 152 cm³/mol. The standard InChI is InChI=1S/C29H31ClN6O5/c1-40-26-11-12-27(35-34-26)41-23-13-16-36(17-14-23)28(38)19-32-29(39)24(18-22-4-2-3-15-31-22)33-25(37)10-7-20-5-8-21(30)9-6-20/h2-12,15,23-24H,13-14,16-19H2,1H3,(H,32,39)(H,33,37)/t24-/m0/s1. The van der Waals surface area contributed by atoms with E-state index in [9.17, 15) is 14.4 Å². The van der Waals surface area contributed by atoms with Gasteiger partial charge >= 0.3 is 0 Å². The van der Waals surface area contributed by atoms with Crippen molar-refractivity contribution >= 4 is 35.4 Å². The van der Waals surface area contributed by atoms with E-state index in [-0.39, 0.29) is 25.0 Å². The molecule has 1 aliphatic rings. The molecule has 11 nitrogen and oxygen atoms in total. The third-order valence-electron chi connectivity index (χ3n) is 6.39. The van der Waals surface area contributed by atoms with Crippen LogP contribution in [0.2, 0.25) is 5.02 Å². The van der Waals surface area contributed by atoms with Gasteiger partial charge < -0.3 is 25.0 Å². The van der Waals surface area contributed by atoms with Crippen molar-refractivity contribution in [2.75, 3.05) is 26.7 Å². The van der Waals surface area contributed by atoms with Gasteiger partial charge in [0.15, 0.2) is 0 Å². The highest BCUT2D eigenvalue weighted by molar-refractivity contribution is 6.30. The van der Waals surface area contributed by atoms with Crippen LogP contribution in [0.5, 0.6) is 11.8 Å². The number of halogens is 1. The number of hydrogen-bond donors (Lipinski definition) is 2. The fourth-order valence-corrected chi connectivity index (χ4v) is 4.30. The van der Waals surface area contributed by atoms with Crippen LogP contribution in [0.4, 0.5) is 0 Å². The summed E-state index contributed by atoms with van der Waals surface area (Å²) < 4.78 is 10.9. The van der Waals surface area contributed by atoms with Crippen molar-refractivity contribution in [2.24, 2.45) is 0 Å². The van der Waals surface area contributed by atoms with Crippen molar-refractivity contribution < 1.29 is 23.9 Å². The molecule has 0 radical (unpaired) electrons. The highest BCUT2D eigenvalue weighted by atomic mass is 35.5. The Hall–Kier alpha value is -4.51. The maximum atomic E-state index is 13.1. The fourth-order valence-electron chi connectivity index (χ4n) is 4.17. The summed E-state index contributed by atoms with van der Waals surface area (Å²) in [7, 11) is 1.51. The summed E-state index contributed by atoms with van der Waals surface area (Å²) in [6.45, 7) is 0.766. The quantitative estimate of drug-likeness (QED) is 0.331. The largest absolute Gasteiger partial charge is 0.480 e. The van der Waals surface area contributed by atoms with Gasteiger partial charge in [-0.1, -0.05) is 29.8 Å². The average molecular weight is 579 g/mol. The number of rotatable bonds is 11. The lowest BCUT2D eigenvalue weighted by Crippen LogP contribution is -2.51. The van der Waals surface area contributed by atoms with Crippen molar-refractivity contribution in [3.05, 3.63) is 83.2 Å². The van der Waals surface area contributed by atoms with Gasteiger partial charge in [0.2, 0.25) is 29.5 Å². The highest BCUT2D eigenvalue weighted by Gasteiger charge is 2.26. The van der Waals surface area contributed by atoms with E-state index >= 15 is 0 Å². The molecular formula is C29H31ClN6O5. The van der Waals surface area contributed by atoms with E-state index < -0.39 is 17.9 Å². The Labute approximate surface area is 242 Å². The lowest BCUT2D eigenvalue weighted by atomic mass is 10.1. The number of methoxy groups -OCH3 is 1. The lowest BCUT2D eigenvalue weighted by molar-refractivity contribution is -0.135. The van der Waals surface area contributed by atoms with Gasteiger partial charge in [0.1, 0.15) is 12.1 Å². The normalized spacial score (nSPS) is 14.3. The summed E-state index contributed by atoms with van der Waals surface area (Å²) in [5.74, 6) is -0.353. The van der Waals surface area contributed by atoms with Crippen molar-refractivity contribution in [2.45, 2.75) is 31.4 Å². The molecule has 1 fully saturated rings. The minimum atomic E-state index is -0.926. The van der Waals surface area contributed by atoms with Crippen LogP contribution in [0, 0.1) is 0 Å². The fraction of sp³-hybridized carbons (Fsp3) is 0.310. The summed E-state index contributed by atoms with van der Waals surface area (Å²) >= 11 is 5.91. The second kappa shape index (κ2) is 14.8. The third kappa shape index (κ3) is 9.28. The number of ether oxygens (including phenoxy) is 2. The van der Waals surface area contributed by atoms with E-state index in [1.807, 2.05) is 0 Å². The molecule has 3 heterocycles. The van der Waals surface area contributed by atoms with Crippen LogP contribution in [0.25, 0.3) is 6.08 Å². The molecule has 1 aliphatic heterocycles. The first-order chi connectivity index (χ1) is 19.9. The van der Waals surface area contributed by atoms with Gasteiger partial charge in [0, 0.05) is 67.5 Å². The summed E-state index contributed by atoms with van der Waals surface area (Å²) in [5, 5.41) is 13.9. The van der Waals surface area contributed by atoms with E-state index in [1.54, 1.807) is 71.8 Å². The molecular weight excluding hydrogens is 548 g/mol. The van der Waals surface area contributed by atoms with E-state index in [4.69, 9.17) is 21.1 Å². The third-order valence-corrected chi connectivity index (χ3v) is 6.64. The number of pyridine rings is 1. The van der Waals surface area contributed by atoms with Crippen LogP contribution in [0.1, 0.15) is 24.1 Å². The average Bonchev–Trinajstić information content (AvgIpc) is 3.00. The van der Waals surface area contributed by atoms with Crippen molar-refractivity contribution in [1.82, 2.24) is 30.7 Å². The summed E-state index contributed by atoms with van der Waals surface area (Å²) in [4.78, 5) is 44.5. The number of carbonyl (C=O) groups is 3. The molecule has 0 aliphatic carbocycles. The predicted octanol–water partition coefficient (Wildman–Crippen LogP) is 2.46. The SMILES string of the molecule is COc1ccc(OC2CCN(C(=O)CNC(=O)[C@H](Cc3ccccn3)NC(=O)C=Cc3ccc(Cl)cc3)CC2)nn1. The van der Waals surface area contributed by atoms with E-state index in [1.165, 1.54) is 13.2 Å². The molecule has 214 valence electrons. The molecule has 4 rings (SSSR count). The second-order valence-electron chi connectivity index (χ2n) is 9.30. The topological polar surface area (TPSA) is 136 Å². The molecule has 0 spiro atoms. The van der Waals surface area contributed by atoms with Gasteiger partial charge in [-0.2, -0.15) is 0 Å². The van der Waals surface area contributed by atoms with Gasteiger partial charge in [-0.05, 0) is 35.9 Å². The number of likely N-dealkylation sites (tertiary alicyclic amines) is 1. The molecule has 0 saturated carbocycles. The molecule has 0 unspecified atom stereocenters. The number of amides is 3. The highest BCUT2D eigenvalue weighted by Crippen LogP contribution is 2.18. The number of benzene rings is 1. The van der Waals surface area contributed by atoms with Crippen LogP contribution in [0.15, 0.2) is 66.9 Å². The van der Waals surface area contributed by atoms with E-state index in [0.717, 1.165) is 5.56 Å². The zero-order valence-corrected chi connectivity index (χ0v) is 23.3. The molecule has 1 atom stereocenters. The molecule has 2 aromatic heterocycles. The number of nitrogens with one attached hydrogen (secondary N) is 2. The summed E-state index contributed by atoms with van der Waals surface area (Å²) in [5.41, 5.74) is 1.41. The monoisotopic (exact) mass is 578 g/mol. The number of piperidine rings is 1. The van der Waals surface area contributed by atoms with Crippen LogP contribution in [0.3, 0.4) is 0 Å². The first-order valence-corrected chi connectivity index (χ1v) is 13.5. The molecule has 2 N–H and O–H groups in total. The Morgan fingerprint density at radius 1 is 1.05 bits per heavy atom. The first kappa shape index (κ1) is 29.5. The molecule has 1 saturated heterocycles. The molecule has 41 heavy (non-hydrogen) atoms. The van der Waals surface area contributed by atoms with Crippen LogP contribution >= 0.6 is 11.6 Å². The Balaban J connectivity index is 1.28. The van der Waals surface area contributed by atoms with Gasteiger partial charge in [0.05, 0.1) is 13.7 Å². The zero-order valence-electron chi connectivity index (χ0n) is 22.5. The van der Waals surface area contributed by atoms with E-state index in [0.29, 0.717) is 48.4 Å². The van der Waals surface area contributed by atoms with Gasteiger partial charge in [-0.25, -0.2) is 0 Å². The molecule has 1 aromatic carbocycles. The minimum Gasteiger partial charge on any atom is -0.480 e. The molecule has 3 aromatic rings. The first-order valence-electron chi connectivity index (χ1n) is 13.1. The number of nitrogens with zero attached hydrogens (tertiary/aromatic N) is 4.